The van der Waals surface area contributed by atoms with Gasteiger partial charge in [0.1, 0.15) is 13.2 Å². The van der Waals surface area contributed by atoms with Gasteiger partial charge in [0.2, 0.25) is 0 Å². The minimum absolute atomic E-state index is 0.0621. The lowest BCUT2D eigenvalue weighted by Gasteiger charge is -2.18. The first kappa shape index (κ1) is 61.4. The third kappa shape index (κ3) is 51.3. The Morgan fingerprint density at radius 2 is 0.524 bits per heavy atom. The summed E-state index contributed by atoms with van der Waals surface area (Å²) in [6, 6.07) is 0. The summed E-state index contributed by atoms with van der Waals surface area (Å²) in [5, 5.41) is 0. The molecule has 6 heteroatoms. The fourth-order valence-corrected chi connectivity index (χ4v) is 8.75. The van der Waals surface area contributed by atoms with Crippen molar-refractivity contribution in [3.63, 3.8) is 0 Å². The van der Waals surface area contributed by atoms with Gasteiger partial charge in [-0.15, -0.1) is 0 Å². The van der Waals surface area contributed by atoms with Gasteiger partial charge in [0.05, 0.1) is 0 Å². The van der Waals surface area contributed by atoms with Crippen molar-refractivity contribution in [1.82, 2.24) is 0 Å². The van der Waals surface area contributed by atoms with E-state index in [0.717, 1.165) is 63.7 Å². The van der Waals surface area contributed by atoms with Gasteiger partial charge in [0.15, 0.2) is 6.10 Å². The van der Waals surface area contributed by atoms with Gasteiger partial charge < -0.3 is 14.2 Å². The van der Waals surface area contributed by atoms with Crippen LogP contribution < -0.4 is 0 Å². The number of carbonyl (C=O) groups excluding carboxylic acids is 3. The van der Waals surface area contributed by atoms with Gasteiger partial charge in [-0.25, -0.2) is 0 Å². The molecule has 0 unspecified atom stereocenters. The summed E-state index contributed by atoms with van der Waals surface area (Å²) >= 11 is 0. The first-order chi connectivity index (χ1) is 30.9. The highest BCUT2D eigenvalue weighted by Gasteiger charge is 2.19. The number of carbonyl (C=O) groups is 3. The average molecular weight is 892 g/mol. The molecular weight excluding hydrogens is 781 g/mol. The second kappa shape index (κ2) is 51.4. The fourth-order valence-electron chi connectivity index (χ4n) is 8.75. The number of esters is 3. The van der Waals surface area contributed by atoms with E-state index in [-0.39, 0.29) is 31.1 Å². The molecule has 0 aromatic heterocycles. The lowest BCUT2D eigenvalue weighted by molar-refractivity contribution is -0.167. The number of rotatable bonds is 52. The molecule has 0 saturated carbocycles. The largest absolute Gasteiger partial charge is 0.462 e. The van der Waals surface area contributed by atoms with Crippen molar-refractivity contribution >= 4 is 17.9 Å². The highest BCUT2D eigenvalue weighted by molar-refractivity contribution is 5.71. The van der Waals surface area contributed by atoms with Gasteiger partial charge in [0, 0.05) is 19.3 Å². The Morgan fingerprint density at radius 1 is 0.302 bits per heavy atom. The summed E-state index contributed by atoms with van der Waals surface area (Å²) in [6.45, 7) is 9.04. The number of unbranched alkanes of at least 4 members (excludes halogenated alkanes) is 39. The Morgan fingerprint density at radius 3 is 0.778 bits per heavy atom. The maximum Gasteiger partial charge on any atom is 0.306 e. The number of ether oxygens (including phenoxy) is 3. The average Bonchev–Trinajstić information content (AvgIpc) is 3.27. The highest BCUT2D eigenvalue weighted by Crippen LogP contribution is 2.18. The number of hydrogen-bond acceptors (Lipinski definition) is 6. The Balaban J connectivity index is 4.28. The maximum absolute atomic E-state index is 12.8. The molecule has 6 nitrogen and oxygen atoms in total. The predicted octanol–water partition coefficient (Wildman–Crippen LogP) is 18.6. The van der Waals surface area contributed by atoms with Gasteiger partial charge in [-0.2, -0.15) is 0 Å². The summed E-state index contributed by atoms with van der Waals surface area (Å²) in [6.07, 6.45) is 55.2. The van der Waals surface area contributed by atoms with Crippen LogP contribution in [0.2, 0.25) is 0 Å². The number of hydrogen-bond donors (Lipinski definition) is 0. The molecule has 0 aliphatic heterocycles. The van der Waals surface area contributed by atoms with E-state index in [4.69, 9.17) is 14.2 Å². The summed E-state index contributed by atoms with van der Waals surface area (Å²) in [4.78, 5) is 38.1. The zero-order valence-electron chi connectivity index (χ0n) is 43.0. The Hall–Kier alpha value is -1.59. The van der Waals surface area contributed by atoms with Crippen molar-refractivity contribution in [3.8, 4) is 0 Å². The second-order valence-electron chi connectivity index (χ2n) is 20.1. The van der Waals surface area contributed by atoms with Crippen molar-refractivity contribution in [2.45, 2.75) is 329 Å². The van der Waals surface area contributed by atoms with Crippen LogP contribution in [-0.4, -0.2) is 37.2 Å². The van der Waals surface area contributed by atoms with E-state index in [1.807, 2.05) is 0 Å². The third-order valence-corrected chi connectivity index (χ3v) is 13.0. The molecule has 0 aliphatic carbocycles. The standard InChI is InChI=1S/C57H110O6/c1-5-7-9-11-13-15-17-19-21-22-23-24-26-27-32-36-40-44-48-55(58)61-51-54(52-62-56(59)49-45-41-37-33-30-29-31-35-39-43-47-53(3)4)63-57(60)50-46-42-38-34-28-25-20-18-16-14-12-10-8-6-2/h53-54H,5-52H2,1-4H3/t54-/m0/s1. The van der Waals surface area contributed by atoms with Crippen LogP contribution in [0.5, 0.6) is 0 Å². The van der Waals surface area contributed by atoms with Crippen molar-refractivity contribution < 1.29 is 28.6 Å². The van der Waals surface area contributed by atoms with Crippen LogP contribution in [0.3, 0.4) is 0 Å². The molecule has 63 heavy (non-hydrogen) atoms. The summed E-state index contributed by atoms with van der Waals surface area (Å²) in [7, 11) is 0. The summed E-state index contributed by atoms with van der Waals surface area (Å²) in [5.41, 5.74) is 0. The molecule has 1 atom stereocenters. The van der Waals surface area contributed by atoms with Crippen LogP contribution in [0.1, 0.15) is 323 Å². The van der Waals surface area contributed by atoms with E-state index < -0.39 is 6.10 Å². The molecule has 374 valence electrons. The lowest BCUT2D eigenvalue weighted by atomic mass is 10.0. The molecular formula is C57H110O6. The van der Waals surface area contributed by atoms with Gasteiger partial charge in [-0.3, -0.25) is 14.4 Å². The highest BCUT2D eigenvalue weighted by atomic mass is 16.6. The first-order valence-corrected chi connectivity index (χ1v) is 28.4. The molecule has 0 radical (unpaired) electrons. The smallest absolute Gasteiger partial charge is 0.306 e. The molecule has 0 saturated heterocycles. The molecule has 0 heterocycles. The van der Waals surface area contributed by atoms with Crippen LogP contribution >= 0.6 is 0 Å². The second-order valence-corrected chi connectivity index (χ2v) is 20.1. The Bertz CT molecular complexity index is 949. The Labute approximate surface area is 393 Å². The predicted molar refractivity (Wildman–Crippen MR) is 270 cm³/mol. The van der Waals surface area contributed by atoms with Gasteiger partial charge in [-0.1, -0.05) is 285 Å². The topological polar surface area (TPSA) is 78.9 Å². The van der Waals surface area contributed by atoms with Crippen molar-refractivity contribution in [2.75, 3.05) is 13.2 Å². The van der Waals surface area contributed by atoms with E-state index in [1.165, 1.54) is 218 Å². The van der Waals surface area contributed by atoms with Crippen LogP contribution in [0.4, 0.5) is 0 Å². The lowest BCUT2D eigenvalue weighted by Crippen LogP contribution is -2.30. The van der Waals surface area contributed by atoms with E-state index in [0.29, 0.717) is 19.3 Å². The normalized spacial score (nSPS) is 12.0. The van der Waals surface area contributed by atoms with Gasteiger partial charge in [-0.05, 0) is 25.2 Å². The maximum atomic E-state index is 12.8. The molecule has 0 fully saturated rings. The van der Waals surface area contributed by atoms with Crippen LogP contribution in [0, 0.1) is 5.92 Å². The Kier molecular flexibility index (Phi) is 50.1. The van der Waals surface area contributed by atoms with Crippen molar-refractivity contribution in [3.05, 3.63) is 0 Å². The van der Waals surface area contributed by atoms with E-state index in [1.54, 1.807) is 0 Å². The third-order valence-electron chi connectivity index (χ3n) is 13.0. The van der Waals surface area contributed by atoms with Gasteiger partial charge >= 0.3 is 17.9 Å². The monoisotopic (exact) mass is 891 g/mol. The quantitative estimate of drug-likeness (QED) is 0.0344. The molecule has 0 aromatic carbocycles. The SMILES string of the molecule is CCCCCCCCCCCCCCCCCCCCC(=O)OC[C@@H](COC(=O)CCCCCCCCCCCCC(C)C)OC(=O)CCCCCCCCCCCCCCCC. The molecule has 0 N–H and O–H groups in total. The van der Waals surface area contributed by atoms with E-state index >= 15 is 0 Å². The van der Waals surface area contributed by atoms with E-state index in [9.17, 15) is 14.4 Å². The van der Waals surface area contributed by atoms with Crippen LogP contribution in [0.25, 0.3) is 0 Å². The minimum atomic E-state index is -0.761. The van der Waals surface area contributed by atoms with Crippen LogP contribution in [0.15, 0.2) is 0 Å². The molecule has 0 aromatic rings. The minimum Gasteiger partial charge on any atom is -0.462 e. The van der Waals surface area contributed by atoms with Crippen molar-refractivity contribution in [2.24, 2.45) is 5.92 Å². The summed E-state index contributed by atoms with van der Waals surface area (Å²) < 4.78 is 16.9. The molecule has 0 rings (SSSR count). The van der Waals surface area contributed by atoms with Crippen LogP contribution in [-0.2, 0) is 28.6 Å². The fraction of sp³-hybridized carbons (Fsp3) is 0.947. The molecule has 0 amide bonds. The summed E-state index contributed by atoms with van der Waals surface area (Å²) in [5.74, 6) is -0.0193. The molecule has 0 spiro atoms. The first-order valence-electron chi connectivity index (χ1n) is 28.4. The molecule has 0 bridgehead atoms. The zero-order chi connectivity index (χ0) is 45.9. The van der Waals surface area contributed by atoms with Gasteiger partial charge in [0.25, 0.3) is 0 Å². The van der Waals surface area contributed by atoms with E-state index in [2.05, 4.69) is 27.7 Å². The zero-order valence-corrected chi connectivity index (χ0v) is 43.0. The van der Waals surface area contributed by atoms with Crippen molar-refractivity contribution in [1.29, 1.82) is 0 Å². The molecule has 0 aliphatic rings.